The second-order valence-corrected chi connectivity index (χ2v) is 6.41. The maximum Gasteiger partial charge on any atom is 0.412 e. The first-order valence-corrected chi connectivity index (χ1v) is 7.38. The molecule has 1 heterocycles. The Hall–Kier alpha value is -1.46. The molecule has 0 saturated carbocycles. The number of carbonyl (C=O) groups excluding carboxylic acids is 1. The van der Waals surface area contributed by atoms with E-state index >= 15 is 0 Å². The second kappa shape index (κ2) is 6.54. The molecule has 1 aromatic rings. The van der Waals surface area contributed by atoms with Crippen LogP contribution in [0.5, 0.6) is 5.75 Å². The van der Waals surface area contributed by atoms with Crippen LogP contribution in [0.2, 0.25) is 5.02 Å². The molecule has 2 N–H and O–H groups in total. The SMILES string of the molecule is CC(C)(C)OC(=O)Nc1ccc(OC2CCNC2)cc1Cl. The summed E-state index contributed by atoms with van der Waals surface area (Å²) < 4.78 is 11.0. The molecule has 0 bridgehead atoms. The van der Waals surface area contributed by atoms with Crippen LogP contribution < -0.4 is 15.4 Å². The normalized spacial score (nSPS) is 18.4. The highest BCUT2D eigenvalue weighted by molar-refractivity contribution is 6.33. The topological polar surface area (TPSA) is 59.6 Å². The lowest BCUT2D eigenvalue weighted by molar-refractivity contribution is 0.0636. The van der Waals surface area contributed by atoms with Gasteiger partial charge in [0, 0.05) is 12.6 Å². The maximum absolute atomic E-state index is 11.7. The van der Waals surface area contributed by atoms with Crippen molar-refractivity contribution in [3.63, 3.8) is 0 Å². The van der Waals surface area contributed by atoms with Gasteiger partial charge in [0.25, 0.3) is 0 Å². The van der Waals surface area contributed by atoms with Crippen LogP contribution in [-0.2, 0) is 4.74 Å². The average Bonchev–Trinajstić information content (AvgIpc) is 2.83. The summed E-state index contributed by atoms with van der Waals surface area (Å²) in [6.45, 7) is 7.23. The molecule has 0 spiro atoms. The van der Waals surface area contributed by atoms with Gasteiger partial charge >= 0.3 is 6.09 Å². The van der Waals surface area contributed by atoms with Crippen LogP contribution in [0.15, 0.2) is 18.2 Å². The minimum atomic E-state index is -0.547. The van der Waals surface area contributed by atoms with Crippen molar-refractivity contribution in [1.29, 1.82) is 0 Å². The Labute approximate surface area is 130 Å². The Morgan fingerprint density at radius 1 is 1.43 bits per heavy atom. The van der Waals surface area contributed by atoms with Crippen LogP contribution in [-0.4, -0.2) is 30.9 Å². The number of benzene rings is 1. The molecular weight excluding hydrogens is 292 g/mol. The number of carbonyl (C=O) groups is 1. The summed E-state index contributed by atoms with van der Waals surface area (Å²) in [6.07, 6.45) is 0.624. The number of hydrogen-bond donors (Lipinski definition) is 2. The number of ether oxygens (including phenoxy) is 2. The lowest BCUT2D eigenvalue weighted by Gasteiger charge is -2.20. The Morgan fingerprint density at radius 2 is 2.19 bits per heavy atom. The zero-order chi connectivity index (χ0) is 15.5. The van der Waals surface area contributed by atoms with E-state index in [0.29, 0.717) is 16.5 Å². The van der Waals surface area contributed by atoms with Crippen molar-refractivity contribution in [2.24, 2.45) is 0 Å². The third-order valence-electron chi connectivity index (χ3n) is 2.89. The molecule has 0 radical (unpaired) electrons. The van der Waals surface area contributed by atoms with Crippen molar-refractivity contribution < 1.29 is 14.3 Å². The Morgan fingerprint density at radius 3 is 2.76 bits per heavy atom. The molecule has 1 amide bonds. The van der Waals surface area contributed by atoms with Crippen LogP contribution in [0.25, 0.3) is 0 Å². The Bertz CT molecular complexity index is 508. The zero-order valence-electron chi connectivity index (χ0n) is 12.5. The quantitative estimate of drug-likeness (QED) is 0.897. The highest BCUT2D eigenvalue weighted by atomic mass is 35.5. The van der Waals surface area contributed by atoms with E-state index in [1.54, 1.807) is 39.0 Å². The molecule has 5 nitrogen and oxygen atoms in total. The Kier molecular flexibility index (Phi) is 4.96. The van der Waals surface area contributed by atoms with Crippen LogP contribution in [0.1, 0.15) is 27.2 Å². The van der Waals surface area contributed by atoms with Gasteiger partial charge in [-0.15, -0.1) is 0 Å². The van der Waals surface area contributed by atoms with Gasteiger partial charge in [0.05, 0.1) is 10.7 Å². The Balaban J connectivity index is 1.96. The van der Waals surface area contributed by atoms with Gasteiger partial charge in [-0.05, 0) is 45.9 Å². The van der Waals surface area contributed by atoms with Crippen molar-refractivity contribution in [3.05, 3.63) is 23.2 Å². The van der Waals surface area contributed by atoms with Gasteiger partial charge in [0.2, 0.25) is 0 Å². The predicted octanol–water partition coefficient (Wildman–Crippen LogP) is 3.43. The van der Waals surface area contributed by atoms with Gasteiger partial charge in [0.15, 0.2) is 0 Å². The molecule has 6 heteroatoms. The minimum absolute atomic E-state index is 0.172. The van der Waals surface area contributed by atoms with Gasteiger partial charge in [-0.3, -0.25) is 5.32 Å². The van der Waals surface area contributed by atoms with Gasteiger partial charge in [-0.2, -0.15) is 0 Å². The first-order valence-electron chi connectivity index (χ1n) is 7.00. The third-order valence-corrected chi connectivity index (χ3v) is 3.21. The van der Waals surface area contributed by atoms with E-state index in [1.807, 2.05) is 0 Å². The molecule has 1 fully saturated rings. The fourth-order valence-corrected chi connectivity index (χ4v) is 2.22. The molecule has 0 aliphatic carbocycles. The smallest absolute Gasteiger partial charge is 0.412 e. The van der Waals surface area contributed by atoms with Gasteiger partial charge in [0.1, 0.15) is 17.5 Å². The lowest BCUT2D eigenvalue weighted by Crippen LogP contribution is -2.27. The number of amides is 1. The van der Waals surface area contributed by atoms with Crippen molar-refractivity contribution in [2.45, 2.75) is 38.9 Å². The van der Waals surface area contributed by atoms with Crippen LogP contribution in [0.4, 0.5) is 10.5 Å². The molecule has 2 rings (SSSR count). The standard InChI is InChI=1S/C15H21ClN2O3/c1-15(2,3)21-14(19)18-13-5-4-10(8-12(13)16)20-11-6-7-17-9-11/h4-5,8,11,17H,6-7,9H2,1-3H3,(H,18,19). The van der Waals surface area contributed by atoms with Gasteiger partial charge in [-0.1, -0.05) is 11.6 Å². The fourth-order valence-electron chi connectivity index (χ4n) is 2.01. The maximum atomic E-state index is 11.7. The zero-order valence-corrected chi connectivity index (χ0v) is 13.3. The lowest BCUT2D eigenvalue weighted by atomic mass is 10.2. The molecule has 0 aromatic heterocycles. The van der Waals surface area contributed by atoms with E-state index in [-0.39, 0.29) is 6.10 Å². The van der Waals surface area contributed by atoms with E-state index in [1.165, 1.54) is 0 Å². The molecule has 21 heavy (non-hydrogen) atoms. The first-order chi connectivity index (χ1) is 9.83. The summed E-state index contributed by atoms with van der Waals surface area (Å²) in [5.41, 5.74) is -0.0439. The molecule has 116 valence electrons. The summed E-state index contributed by atoms with van der Waals surface area (Å²) in [5, 5.41) is 6.28. The van der Waals surface area contributed by atoms with E-state index in [0.717, 1.165) is 19.5 Å². The highest BCUT2D eigenvalue weighted by Crippen LogP contribution is 2.28. The second-order valence-electron chi connectivity index (χ2n) is 6.00. The number of anilines is 1. The van der Waals surface area contributed by atoms with E-state index in [9.17, 15) is 4.79 Å². The van der Waals surface area contributed by atoms with Crippen LogP contribution >= 0.6 is 11.6 Å². The fraction of sp³-hybridized carbons (Fsp3) is 0.533. The molecule has 1 saturated heterocycles. The first kappa shape index (κ1) is 15.9. The van der Waals surface area contributed by atoms with Crippen LogP contribution in [0, 0.1) is 0 Å². The minimum Gasteiger partial charge on any atom is -0.489 e. The summed E-state index contributed by atoms with van der Waals surface area (Å²) in [4.78, 5) is 11.7. The summed E-state index contributed by atoms with van der Waals surface area (Å²) in [7, 11) is 0. The highest BCUT2D eigenvalue weighted by Gasteiger charge is 2.18. The molecule has 1 aromatic carbocycles. The molecular formula is C15H21ClN2O3. The van der Waals surface area contributed by atoms with E-state index in [4.69, 9.17) is 21.1 Å². The van der Waals surface area contributed by atoms with Gasteiger partial charge < -0.3 is 14.8 Å². The van der Waals surface area contributed by atoms with E-state index < -0.39 is 11.7 Å². The number of rotatable bonds is 3. The predicted molar refractivity (Wildman–Crippen MR) is 83.2 cm³/mol. The third kappa shape index (κ3) is 5.10. The summed E-state index contributed by atoms with van der Waals surface area (Å²) in [6, 6.07) is 5.20. The molecule has 1 atom stereocenters. The van der Waals surface area contributed by atoms with Crippen molar-refractivity contribution >= 4 is 23.4 Å². The van der Waals surface area contributed by atoms with Crippen molar-refractivity contribution in [3.8, 4) is 5.75 Å². The molecule has 1 aliphatic rings. The van der Waals surface area contributed by atoms with Gasteiger partial charge in [-0.25, -0.2) is 4.79 Å². The van der Waals surface area contributed by atoms with E-state index in [2.05, 4.69) is 10.6 Å². The number of hydrogen-bond acceptors (Lipinski definition) is 4. The molecule has 1 aliphatic heterocycles. The molecule has 1 unspecified atom stereocenters. The number of nitrogens with one attached hydrogen (secondary N) is 2. The van der Waals surface area contributed by atoms with Crippen molar-refractivity contribution in [2.75, 3.05) is 18.4 Å². The summed E-state index contributed by atoms with van der Waals surface area (Å²) in [5.74, 6) is 0.698. The number of halogens is 1. The monoisotopic (exact) mass is 312 g/mol. The average molecular weight is 313 g/mol. The van der Waals surface area contributed by atoms with Crippen molar-refractivity contribution in [1.82, 2.24) is 5.32 Å². The largest absolute Gasteiger partial charge is 0.489 e. The summed E-state index contributed by atoms with van der Waals surface area (Å²) >= 11 is 6.16. The van der Waals surface area contributed by atoms with Crippen LogP contribution in [0.3, 0.4) is 0 Å².